The molecule has 10 heteroatoms. The van der Waals surface area contributed by atoms with Gasteiger partial charge in [0, 0.05) is 49.8 Å². The van der Waals surface area contributed by atoms with Crippen LogP contribution in [0.2, 0.25) is 0 Å². The molecule has 3 aliphatic rings. The highest BCUT2D eigenvalue weighted by Gasteiger charge is 2.45. The van der Waals surface area contributed by atoms with Gasteiger partial charge in [-0.15, -0.1) is 0 Å². The summed E-state index contributed by atoms with van der Waals surface area (Å²) in [7, 11) is 0. The molecule has 210 valence electrons. The summed E-state index contributed by atoms with van der Waals surface area (Å²) in [5.74, 6) is 0.345. The molecule has 2 aromatic heterocycles. The third-order valence-corrected chi connectivity index (χ3v) is 8.35. The number of H-pyrrole nitrogens is 1. The minimum absolute atomic E-state index is 0.122. The fourth-order valence-electron chi connectivity index (χ4n) is 6.35. The monoisotopic (exact) mass is 544 g/mol. The second-order valence-electron chi connectivity index (χ2n) is 12.2. The topological polar surface area (TPSA) is 134 Å². The van der Waals surface area contributed by atoms with E-state index in [-0.39, 0.29) is 12.0 Å². The number of aromatic amines is 1. The summed E-state index contributed by atoms with van der Waals surface area (Å²) in [4.78, 5) is 49.7. The van der Waals surface area contributed by atoms with Crippen LogP contribution in [0.4, 0.5) is 10.6 Å². The maximum Gasteiger partial charge on any atom is 0.410 e. The van der Waals surface area contributed by atoms with Crippen molar-refractivity contribution in [2.45, 2.75) is 52.1 Å². The highest BCUT2D eigenvalue weighted by atomic mass is 16.6. The van der Waals surface area contributed by atoms with Crippen LogP contribution in [0.5, 0.6) is 0 Å². The molecule has 1 atom stereocenters. The zero-order valence-corrected chi connectivity index (χ0v) is 23.3. The van der Waals surface area contributed by atoms with Crippen molar-refractivity contribution >= 4 is 51.1 Å². The first kappa shape index (κ1) is 26.2. The fraction of sp³-hybridized carbons (Fsp3) is 0.467. The molecule has 0 aliphatic carbocycles. The number of rotatable bonds is 3. The number of ether oxygens (including phenoxy) is 1. The summed E-state index contributed by atoms with van der Waals surface area (Å²) in [5, 5.41) is 4.81. The van der Waals surface area contributed by atoms with Gasteiger partial charge in [-0.2, -0.15) is 0 Å². The molecule has 0 bridgehead atoms. The van der Waals surface area contributed by atoms with Crippen LogP contribution in [-0.4, -0.2) is 71.1 Å². The molecule has 40 heavy (non-hydrogen) atoms. The van der Waals surface area contributed by atoms with E-state index >= 15 is 0 Å². The lowest BCUT2D eigenvalue weighted by atomic mass is 9.78. The fourth-order valence-corrected chi connectivity index (χ4v) is 6.35. The van der Waals surface area contributed by atoms with Gasteiger partial charge in [-0.1, -0.05) is 18.2 Å². The largest absolute Gasteiger partial charge is 0.444 e. The maximum absolute atomic E-state index is 12.7. The summed E-state index contributed by atoms with van der Waals surface area (Å²) in [5.41, 5.74) is 8.91. The van der Waals surface area contributed by atoms with Crippen molar-refractivity contribution in [3.05, 3.63) is 41.6 Å². The van der Waals surface area contributed by atoms with Crippen LogP contribution in [-0.2, 0) is 9.53 Å². The number of amides is 3. The molecule has 10 nitrogen and oxygen atoms in total. The molecule has 2 fully saturated rings. The molecule has 3 aromatic rings. The summed E-state index contributed by atoms with van der Waals surface area (Å²) in [6, 6.07) is 6.22. The molecule has 0 saturated carbocycles. The number of fused-ring (bicyclic) bond motifs is 3. The van der Waals surface area contributed by atoms with E-state index in [4.69, 9.17) is 15.5 Å². The Balaban J connectivity index is 1.36. The Labute approximate surface area is 232 Å². The van der Waals surface area contributed by atoms with Gasteiger partial charge >= 0.3 is 6.09 Å². The van der Waals surface area contributed by atoms with Gasteiger partial charge in [-0.25, -0.2) is 9.78 Å². The number of primary amides is 1. The zero-order valence-electron chi connectivity index (χ0n) is 23.3. The minimum Gasteiger partial charge on any atom is -0.444 e. The molecule has 4 N–H and O–H groups in total. The van der Waals surface area contributed by atoms with Gasteiger partial charge in [0.2, 0.25) is 5.91 Å². The van der Waals surface area contributed by atoms with E-state index < -0.39 is 16.9 Å². The van der Waals surface area contributed by atoms with Gasteiger partial charge in [-0.3, -0.25) is 9.59 Å². The number of hydrogen-bond acceptors (Lipinski definition) is 6. The van der Waals surface area contributed by atoms with Crippen LogP contribution in [0, 0.1) is 5.41 Å². The molecule has 5 heterocycles. The first-order valence-corrected chi connectivity index (χ1v) is 14.0. The lowest BCUT2D eigenvalue weighted by molar-refractivity contribution is -0.128. The Hall–Kier alpha value is -4.08. The van der Waals surface area contributed by atoms with E-state index in [2.05, 4.69) is 39.5 Å². The number of pyridine rings is 1. The molecule has 6 rings (SSSR count). The Bertz CT molecular complexity index is 1570. The van der Waals surface area contributed by atoms with Crippen molar-refractivity contribution in [1.29, 1.82) is 0 Å². The molecule has 0 radical (unpaired) electrons. The lowest BCUT2D eigenvalue weighted by Gasteiger charge is -2.39. The number of benzene rings is 1. The summed E-state index contributed by atoms with van der Waals surface area (Å²) >= 11 is 0. The van der Waals surface area contributed by atoms with Crippen LogP contribution in [0.3, 0.4) is 0 Å². The third kappa shape index (κ3) is 4.55. The highest BCUT2D eigenvalue weighted by molar-refractivity contribution is 6.18. The van der Waals surface area contributed by atoms with E-state index in [1.54, 1.807) is 11.1 Å². The average Bonchev–Trinajstić information content (AvgIpc) is 3.46. The average molecular weight is 545 g/mol. The summed E-state index contributed by atoms with van der Waals surface area (Å²) < 4.78 is 5.52. The van der Waals surface area contributed by atoms with Gasteiger partial charge < -0.3 is 30.6 Å². The molecule has 1 unspecified atom stereocenters. The lowest BCUT2D eigenvalue weighted by Crippen LogP contribution is -2.47. The van der Waals surface area contributed by atoms with Crippen LogP contribution < -0.4 is 16.0 Å². The van der Waals surface area contributed by atoms with E-state index in [0.29, 0.717) is 43.7 Å². The maximum atomic E-state index is 12.7. The quantitative estimate of drug-likeness (QED) is 0.457. The zero-order chi connectivity index (χ0) is 28.2. The number of carbonyl (C=O) groups is 3. The number of piperidine rings is 1. The highest BCUT2D eigenvalue weighted by Crippen LogP contribution is 2.41. The molecule has 3 aliphatic heterocycles. The molecule has 3 amide bonds. The van der Waals surface area contributed by atoms with Crippen molar-refractivity contribution in [1.82, 2.24) is 20.2 Å². The Morgan fingerprint density at radius 1 is 1.18 bits per heavy atom. The van der Waals surface area contributed by atoms with Gasteiger partial charge in [0.25, 0.3) is 5.91 Å². The first-order valence-electron chi connectivity index (χ1n) is 14.0. The predicted molar refractivity (Wildman–Crippen MR) is 154 cm³/mol. The Morgan fingerprint density at radius 2 is 2.00 bits per heavy atom. The van der Waals surface area contributed by atoms with E-state index in [0.717, 1.165) is 59.1 Å². The molecule has 1 spiro atoms. The Kier molecular flexibility index (Phi) is 6.23. The predicted octanol–water partition coefficient (Wildman–Crippen LogP) is 3.95. The normalized spacial score (nSPS) is 21.7. The van der Waals surface area contributed by atoms with Crippen LogP contribution in [0.1, 0.15) is 62.4 Å². The van der Waals surface area contributed by atoms with E-state index in [1.165, 1.54) is 0 Å². The van der Waals surface area contributed by atoms with E-state index in [9.17, 15) is 14.4 Å². The van der Waals surface area contributed by atoms with Gasteiger partial charge in [0.05, 0.1) is 21.9 Å². The van der Waals surface area contributed by atoms with Gasteiger partial charge in [-0.05, 0) is 63.7 Å². The van der Waals surface area contributed by atoms with Crippen molar-refractivity contribution in [3.63, 3.8) is 0 Å². The number of nitrogens with one attached hydrogen (secondary N) is 2. The summed E-state index contributed by atoms with van der Waals surface area (Å²) in [6.07, 6.45) is 6.61. The van der Waals surface area contributed by atoms with Crippen molar-refractivity contribution in [2.75, 3.05) is 37.6 Å². The number of nitrogens with two attached hydrogens (primary N) is 1. The van der Waals surface area contributed by atoms with Crippen LogP contribution in [0.15, 0.2) is 30.5 Å². The molecular weight excluding hydrogens is 508 g/mol. The summed E-state index contributed by atoms with van der Waals surface area (Å²) in [6.45, 7) is 8.76. The minimum atomic E-state index is -0.543. The van der Waals surface area contributed by atoms with Crippen molar-refractivity contribution in [3.8, 4) is 0 Å². The van der Waals surface area contributed by atoms with Gasteiger partial charge in [0.15, 0.2) is 0 Å². The third-order valence-electron chi connectivity index (χ3n) is 8.35. The van der Waals surface area contributed by atoms with Gasteiger partial charge in [0.1, 0.15) is 11.4 Å². The van der Waals surface area contributed by atoms with Crippen molar-refractivity contribution in [2.24, 2.45) is 11.1 Å². The molecule has 1 aromatic carbocycles. The first-order chi connectivity index (χ1) is 19.0. The van der Waals surface area contributed by atoms with Crippen LogP contribution >= 0.6 is 0 Å². The molecule has 2 saturated heterocycles. The Morgan fingerprint density at radius 3 is 2.67 bits per heavy atom. The van der Waals surface area contributed by atoms with Crippen LogP contribution in [0.25, 0.3) is 27.4 Å². The second kappa shape index (κ2) is 9.53. The number of carbonyl (C=O) groups excluding carboxylic acids is 3. The standard InChI is InChI=1S/C30H36N6O4/c1-29(2,3)40-28(39)35-13-7-18(8-14-35)19-5-6-20-22(15-19)34-24-21(25(31)37)16-33-26(23(20)24)36-12-4-9-30(17-36)10-11-32-27(30)38/h5-7,15-16,34H,4,8-14,17H2,1-3H3,(H2,31,37)(H,32,38). The smallest absolute Gasteiger partial charge is 0.410 e. The van der Waals surface area contributed by atoms with E-state index in [1.807, 2.05) is 20.8 Å². The SMILES string of the molecule is CC(C)(C)OC(=O)N1CC=C(c2ccc3c(c2)[nH]c2c(C(N)=O)cnc(N4CCCC5(CCNC5=O)C4)c23)CC1. The second-order valence-corrected chi connectivity index (χ2v) is 12.2. The number of anilines is 1. The van der Waals surface area contributed by atoms with Crippen molar-refractivity contribution < 1.29 is 19.1 Å². The molecular formula is C30H36N6O4. The number of nitrogens with zero attached hydrogens (tertiary/aromatic N) is 3. The number of aromatic nitrogens is 2. The number of hydrogen-bond donors (Lipinski definition) is 3.